The second kappa shape index (κ2) is 7.29. The fourth-order valence-corrected chi connectivity index (χ4v) is 4.03. The van der Waals surface area contributed by atoms with E-state index in [-0.39, 0.29) is 17.2 Å². The number of nitrogens with zero attached hydrogens (tertiary/aromatic N) is 1. The van der Waals surface area contributed by atoms with Gasteiger partial charge in [-0.3, -0.25) is 4.79 Å². The Bertz CT molecular complexity index is 1130. The molecule has 1 aliphatic heterocycles. The number of aryl methyl sites for hydroxylation is 1. The first kappa shape index (κ1) is 18.5. The summed E-state index contributed by atoms with van der Waals surface area (Å²) >= 11 is 0. The van der Waals surface area contributed by atoms with Gasteiger partial charge in [0.1, 0.15) is 11.6 Å². The van der Waals surface area contributed by atoms with Gasteiger partial charge in [-0.2, -0.15) is 5.26 Å². The lowest BCUT2D eigenvalue weighted by Crippen LogP contribution is -2.41. The minimum Gasteiger partial charge on any atom is -0.458 e. The fraction of sp³-hybridized carbons (Fsp3) is 0.120. The number of Topliss-reactive ketones (excluding diaryl/α,β-unsaturated/α-hetero) is 1. The highest BCUT2D eigenvalue weighted by Crippen LogP contribution is 2.52. The van der Waals surface area contributed by atoms with Crippen molar-refractivity contribution in [2.75, 3.05) is 0 Å². The van der Waals surface area contributed by atoms with Crippen LogP contribution in [-0.2, 0) is 10.3 Å². The summed E-state index contributed by atoms with van der Waals surface area (Å²) in [7, 11) is 0. The van der Waals surface area contributed by atoms with Crippen LogP contribution in [0.5, 0.6) is 0 Å². The Kier molecular flexibility index (Phi) is 4.66. The first-order valence-electron chi connectivity index (χ1n) is 9.38. The zero-order chi connectivity index (χ0) is 20.4. The molecule has 0 bridgehead atoms. The summed E-state index contributed by atoms with van der Waals surface area (Å²) in [4.78, 5) is 13.9. The molecule has 0 spiro atoms. The Hall–Kier alpha value is -3.84. The molecule has 0 aromatic heterocycles. The molecule has 1 heterocycles. The Morgan fingerprint density at radius 2 is 1.66 bits per heavy atom. The van der Waals surface area contributed by atoms with Crippen molar-refractivity contribution >= 4 is 5.78 Å². The second-order valence-corrected chi connectivity index (χ2v) is 7.14. The zero-order valence-electron chi connectivity index (χ0n) is 16.0. The molecule has 1 aliphatic rings. The van der Waals surface area contributed by atoms with Crippen molar-refractivity contribution in [3.05, 3.63) is 119 Å². The number of benzene rings is 3. The minimum atomic E-state index is -1.45. The zero-order valence-corrected chi connectivity index (χ0v) is 16.0. The Balaban J connectivity index is 2.02. The maximum atomic E-state index is 13.9. The van der Waals surface area contributed by atoms with Gasteiger partial charge >= 0.3 is 0 Å². The van der Waals surface area contributed by atoms with Crippen molar-refractivity contribution in [2.45, 2.75) is 18.4 Å². The number of nitriles is 1. The van der Waals surface area contributed by atoms with Crippen molar-refractivity contribution in [2.24, 2.45) is 5.73 Å². The van der Waals surface area contributed by atoms with Crippen molar-refractivity contribution in [1.82, 2.24) is 0 Å². The highest BCUT2D eigenvalue weighted by atomic mass is 16.5. The van der Waals surface area contributed by atoms with E-state index < -0.39 is 11.5 Å². The second-order valence-electron chi connectivity index (χ2n) is 7.14. The molecule has 3 aromatic carbocycles. The van der Waals surface area contributed by atoms with Gasteiger partial charge in [-0.25, -0.2) is 0 Å². The number of hydrogen-bond donors (Lipinski definition) is 1. The van der Waals surface area contributed by atoms with Gasteiger partial charge in [0, 0.05) is 11.1 Å². The summed E-state index contributed by atoms with van der Waals surface area (Å²) < 4.78 is 6.15. The molecular formula is C25H20N2O2. The molecule has 0 saturated heterocycles. The fourth-order valence-electron chi connectivity index (χ4n) is 4.03. The maximum Gasteiger partial charge on any atom is 0.212 e. The quantitative estimate of drug-likeness (QED) is 0.672. The van der Waals surface area contributed by atoms with Crippen LogP contribution in [0, 0.1) is 18.3 Å². The van der Waals surface area contributed by atoms with E-state index in [9.17, 15) is 10.1 Å². The average Bonchev–Trinajstić information content (AvgIpc) is 3.07. The third kappa shape index (κ3) is 2.97. The van der Waals surface area contributed by atoms with E-state index in [0.717, 1.165) is 11.1 Å². The summed E-state index contributed by atoms with van der Waals surface area (Å²) in [6, 6.07) is 28.2. The molecule has 3 aromatic rings. The summed E-state index contributed by atoms with van der Waals surface area (Å²) in [6.07, 6.45) is 0. The van der Waals surface area contributed by atoms with Gasteiger partial charge in [-0.05, 0) is 12.5 Å². The van der Waals surface area contributed by atoms with Gasteiger partial charge in [0.25, 0.3) is 0 Å². The molecule has 0 radical (unpaired) electrons. The number of carbonyl (C=O) groups is 1. The topological polar surface area (TPSA) is 76.1 Å². The van der Waals surface area contributed by atoms with E-state index in [1.54, 1.807) is 12.1 Å². The van der Waals surface area contributed by atoms with E-state index in [4.69, 9.17) is 10.5 Å². The average molecular weight is 380 g/mol. The van der Waals surface area contributed by atoms with Crippen LogP contribution in [0.1, 0.15) is 33.0 Å². The summed E-state index contributed by atoms with van der Waals surface area (Å²) in [6.45, 7) is 1.97. The first-order valence-corrected chi connectivity index (χ1v) is 9.38. The molecule has 142 valence electrons. The number of ketones is 1. The van der Waals surface area contributed by atoms with E-state index in [2.05, 4.69) is 6.07 Å². The monoisotopic (exact) mass is 380 g/mol. The Labute approximate surface area is 169 Å². The van der Waals surface area contributed by atoms with Gasteiger partial charge < -0.3 is 10.5 Å². The number of rotatable bonds is 4. The third-order valence-electron chi connectivity index (χ3n) is 5.30. The molecule has 0 unspecified atom stereocenters. The predicted molar refractivity (Wildman–Crippen MR) is 111 cm³/mol. The van der Waals surface area contributed by atoms with Crippen LogP contribution >= 0.6 is 0 Å². The van der Waals surface area contributed by atoms with Gasteiger partial charge in [-0.1, -0.05) is 90.5 Å². The molecule has 2 atom stereocenters. The smallest absolute Gasteiger partial charge is 0.212 e. The van der Waals surface area contributed by atoms with Crippen molar-refractivity contribution in [1.29, 1.82) is 5.26 Å². The van der Waals surface area contributed by atoms with Crippen molar-refractivity contribution in [3.63, 3.8) is 0 Å². The highest BCUT2D eigenvalue weighted by Gasteiger charge is 2.57. The van der Waals surface area contributed by atoms with Gasteiger partial charge in [0.15, 0.2) is 0 Å². The van der Waals surface area contributed by atoms with Crippen LogP contribution in [0.4, 0.5) is 0 Å². The lowest BCUT2D eigenvalue weighted by molar-refractivity contribution is 0.0136. The molecule has 0 fully saturated rings. The van der Waals surface area contributed by atoms with Crippen LogP contribution in [0.15, 0.2) is 96.4 Å². The number of carbonyl (C=O) groups excluding carboxylic acids is 1. The summed E-state index contributed by atoms with van der Waals surface area (Å²) in [5.41, 5.74) is 7.99. The van der Waals surface area contributed by atoms with E-state index >= 15 is 0 Å². The Morgan fingerprint density at radius 1 is 1.00 bits per heavy atom. The lowest BCUT2D eigenvalue weighted by atomic mass is 9.71. The third-order valence-corrected chi connectivity index (χ3v) is 5.30. The SMILES string of the molecule is Cc1cccc([C@H]2C(C#N)=C(N)O[C@@]2(C(=O)c2ccccc2)c2ccccc2)c1. The normalized spacial score (nSPS) is 20.8. The van der Waals surface area contributed by atoms with Crippen LogP contribution in [0.25, 0.3) is 0 Å². The molecule has 0 saturated carbocycles. The molecule has 0 amide bonds. The highest BCUT2D eigenvalue weighted by molar-refractivity contribution is 6.04. The van der Waals surface area contributed by atoms with Gasteiger partial charge in [0.05, 0.1) is 5.92 Å². The molecule has 29 heavy (non-hydrogen) atoms. The largest absolute Gasteiger partial charge is 0.458 e. The molecule has 4 heteroatoms. The first-order chi connectivity index (χ1) is 14.1. The number of hydrogen-bond acceptors (Lipinski definition) is 4. The molecule has 2 N–H and O–H groups in total. The number of ether oxygens (including phenoxy) is 1. The van der Waals surface area contributed by atoms with Crippen LogP contribution in [-0.4, -0.2) is 5.78 Å². The summed E-state index contributed by atoms with van der Waals surface area (Å²) in [5.74, 6) is -0.890. The van der Waals surface area contributed by atoms with Crippen molar-refractivity contribution < 1.29 is 9.53 Å². The maximum absolute atomic E-state index is 13.9. The predicted octanol–water partition coefficient (Wildman–Crippen LogP) is 4.58. The van der Waals surface area contributed by atoms with E-state index in [1.165, 1.54) is 0 Å². The summed E-state index contributed by atoms with van der Waals surface area (Å²) in [5, 5.41) is 9.89. The van der Waals surface area contributed by atoms with E-state index in [0.29, 0.717) is 11.1 Å². The molecule has 4 nitrogen and oxygen atoms in total. The molecule has 0 aliphatic carbocycles. The number of nitrogens with two attached hydrogens (primary N) is 1. The minimum absolute atomic E-state index is 0.00728. The van der Waals surface area contributed by atoms with Crippen LogP contribution in [0.3, 0.4) is 0 Å². The Morgan fingerprint density at radius 3 is 2.28 bits per heavy atom. The van der Waals surface area contributed by atoms with Gasteiger partial charge in [0.2, 0.25) is 17.3 Å². The lowest BCUT2D eigenvalue weighted by Gasteiger charge is -2.34. The molecule has 4 rings (SSSR count). The van der Waals surface area contributed by atoms with Crippen molar-refractivity contribution in [3.8, 4) is 6.07 Å². The standard InChI is InChI=1S/C25H20N2O2/c1-17-9-8-12-19(15-17)22-21(16-26)24(27)29-25(22,20-13-6-3-7-14-20)23(28)18-10-4-2-5-11-18/h2-15,22H,27H2,1H3/t22-,25-/m0/s1. The van der Waals surface area contributed by atoms with Crippen LogP contribution < -0.4 is 5.73 Å². The van der Waals surface area contributed by atoms with Gasteiger partial charge in [-0.15, -0.1) is 0 Å². The van der Waals surface area contributed by atoms with E-state index in [1.807, 2.05) is 79.7 Å². The van der Waals surface area contributed by atoms with Crippen LogP contribution in [0.2, 0.25) is 0 Å². The molecular weight excluding hydrogens is 360 g/mol.